The molecule has 1 aliphatic rings. The molecule has 0 atom stereocenters. The second-order valence-electron chi connectivity index (χ2n) is 8.17. The molecule has 0 saturated carbocycles. The number of para-hydroxylation sites is 1. The first-order valence-electron chi connectivity index (χ1n) is 11.8. The van der Waals surface area contributed by atoms with E-state index < -0.39 is 0 Å². The minimum atomic E-state index is -0.257. The van der Waals surface area contributed by atoms with E-state index in [1.165, 1.54) is 4.90 Å². The van der Waals surface area contributed by atoms with Crippen molar-refractivity contribution >= 4 is 23.1 Å². The van der Waals surface area contributed by atoms with E-state index in [0.29, 0.717) is 43.0 Å². The number of amides is 2. The molecule has 0 unspecified atom stereocenters. The van der Waals surface area contributed by atoms with Crippen molar-refractivity contribution in [3.05, 3.63) is 102 Å². The van der Waals surface area contributed by atoms with Crippen LogP contribution in [0.3, 0.4) is 0 Å². The van der Waals surface area contributed by atoms with Gasteiger partial charge in [0, 0.05) is 18.8 Å². The van der Waals surface area contributed by atoms with Crippen LogP contribution in [-0.4, -0.2) is 36.4 Å². The van der Waals surface area contributed by atoms with Gasteiger partial charge in [0.15, 0.2) is 0 Å². The van der Waals surface area contributed by atoms with Gasteiger partial charge in [0.1, 0.15) is 11.4 Å². The first-order valence-corrected chi connectivity index (χ1v) is 11.8. The fraction of sp³-hybridized carbons (Fsp3) is 0.241. The predicted octanol–water partition coefficient (Wildman–Crippen LogP) is 5.32. The summed E-state index contributed by atoms with van der Waals surface area (Å²) in [4.78, 5) is 30.6. The minimum absolute atomic E-state index is 0.257. The zero-order valence-corrected chi connectivity index (χ0v) is 19.7. The zero-order valence-electron chi connectivity index (χ0n) is 19.7. The Hall–Kier alpha value is -3.86. The summed E-state index contributed by atoms with van der Waals surface area (Å²) in [5, 5.41) is 0. The van der Waals surface area contributed by atoms with Crippen LogP contribution in [0.25, 0.3) is 5.57 Å². The minimum Gasteiger partial charge on any atom is -0.494 e. The van der Waals surface area contributed by atoms with Crippen LogP contribution in [-0.2, 0) is 16.0 Å². The lowest BCUT2D eigenvalue weighted by Crippen LogP contribution is -2.36. The van der Waals surface area contributed by atoms with E-state index in [-0.39, 0.29) is 11.8 Å². The van der Waals surface area contributed by atoms with Gasteiger partial charge in [-0.05, 0) is 55.2 Å². The number of carbonyl (C=O) groups excluding carboxylic acids is 2. The Morgan fingerprint density at radius 2 is 1.44 bits per heavy atom. The molecule has 0 spiro atoms. The van der Waals surface area contributed by atoms with E-state index in [4.69, 9.17) is 4.74 Å². The molecule has 2 amide bonds. The maximum atomic E-state index is 13.7. The van der Waals surface area contributed by atoms with Crippen molar-refractivity contribution in [1.29, 1.82) is 0 Å². The molecule has 0 aliphatic carbocycles. The van der Waals surface area contributed by atoms with Crippen LogP contribution < -0.4 is 9.64 Å². The van der Waals surface area contributed by atoms with E-state index in [9.17, 15) is 9.59 Å². The number of likely N-dealkylation sites (N-methyl/N-ethyl adjacent to an activating group) is 1. The van der Waals surface area contributed by atoms with Crippen molar-refractivity contribution in [2.24, 2.45) is 0 Å². The molecule has 0 N–H and O–H groups in total. The number of rotatable bonds is 10. The highest BCUT2D eigenvalue weighted by molar-refractivity contribution is 6.36. The summed E-state index contributed by atoms with van der Waals surface area (Å²) in [5.74, 6) is 0.237. The quantitative estimate of drug-likeness (QED) is 0.389. The van der Waals surface area contributed by atoms with E-state index in [1.54, 1.807) is 0 Å². The highest BCUT2D eigenvalue weighted by Crippen LogP contribution is 2.35. The second-order valence-corrected chi connectivity index (χ2v) is 8.17. The van der Waals surface area contributed by atoms with Crippen LogP contribution in [0.1, 0.15) is 31.4 Å². The Morgan fingerprint density at radius 1 is 0.794 bits per heavy atom. The Labute approximate surface area is 201 Å². The number of carbonyl (C=O) groups is 2. The molecule has 174 valence electrons. The summed E-state index contributed by atoms with van der Waals surface area (Å²) in [5.41, 5.74) is 3.55. The molecule has 0 bridgehead atoms. The molecule has 5 heteroatoms. The predicted molar refractivity (Wildman–Crippen MR) is 135 cm³/mol. The Morgan fingerprint density at radius 3 is 2.06 bits per heavy atom. The van der Waals surface area contributed by atoms with Crippen molar-refractivity contribution in [2.75, 3.05) is 24.6 Å². The van der Waals surface area contributed by atoms with Crippen LogP contribution >= 0.6 is 0 Å². The molecule has 0 radical (unpaired) electrons. The molecular weight excluding hydrogens is 424 g/mol. The molecule has 3 aromatic rings. The van der Waals surface area contributed by atoms with E-state index in [2.05, 4.69) is 6.92 Å². The van der Waals surface area contributed by atoms with Crippen molar-refractivity contribution in [3.63, 3.8) is 0 Å². The third-order valence-corrected chi connectivity index (χ3v) is 5.88. The third kappa shape index (κ3) is 4.88. The Bertz CT molecular complexity index is 1150. The van der Waals surface area contributed by atoms with Gasteiger partial charge in [-0.3, -0.25) is 14.5 Å². The number of hydrogen-bond acceptors (Lipinski definition) is 4. The van der Waals surface area contributed by atoms with Crippen molar-refractivity contribution in [2.45, 2.75) is 26.7 Å². The van der Waals surface area contributed by atoms with Gasteiger partial charge >= 0.3 is 0 Å². The highest BCUT2D eigenvalue weighted by Gasteiger charge is 2.41. The van der Waals surface area contributed by atoms with Crippen molar-refractivity contribution < 1.29 is 14.3 Å². The molecule has 1 heterocycles. The lowest BCUT2D eigenvalue weighted by Gasteiger charge is -2.25. The summed E-state index contributed by atoms with van der Waals surface area (Å²) in [6.07, 6.45) is 1.53. The topological polar surface area (TPSA) is 49.9 Å². The number of ether oxygens (including phenoxy) is 1. The first-order chi connectivity index (χ1) is 16.6. The van der Waals surface area contributed by atoms with Crippen molar-refractivity contribution in [1.82, 2.24) is 4.90 Å². The average Bonchev–Trinajstić information content (AvgIpc) is 3.13. The smallest absolute Gasteiger partial charge is 0.278 e. The Kier molecular flexibility index (Phi) is 7.43. The fourth-order valence-corrected chi connectivity index (χ4v) is 4.18. The van der Waals surface area contributed by atoms with Gasteiger partial charge in [-0.15, -0.1) is 0 Å². The van der Waals surface area contributed by atoms with Gasteiger partial charge in [-0.1, -0.05) is 67.6 Å². The molecule has 4 rings (SSSR count). The average molecular weight is 455 g/mol. The SMILES string of the molecule is CCCOc1ccc(C2=C(N(CC)c3ccccc3)C(=O)N(CCc3ccccc3)C2=O)cc1. The molecule has 0 aromatic heterocycles. The molecule has 1 aliphatic heterocycles. The number of nitrogens with zero attached hydrogens (tertiary/aromatic N) is 2. The summed E-state index contributed by atoms with van der Waals surface area (Å²) < 4.78 is 5.71. The summed E-state index contributed by atoms with van der Waals surface area (Å²) >= 11 is 0. The van der Waals surface area contributed by atoms with Crippen LogP contribution in [0.4, 0.5) is 5.69 Å². The summed E-state index contributed by atoms with van der Waals surface area (Å²) in [6.45, 7) is 5.57. The van der Waals surface area contributed by atoms with Gasteiger partial charge < -0.3 is 9.64 Å². The third-order valence-electron chi connectivity index (χ3n) is 5.88. The second kappa shape index (κ2) is 10.8. The normalized spacial score (nSPS) is 13.5. The first kappa shape index (κ1) is 23.3. The largest absolute Gasteiger partial charge is 0.494 e. The lowest BCUT2D eigenvalue weighted by molar-refractivity contribution is -0.136. The molecule has 0 fully saturated rings. The number of imide groups is 1. The fourth-order valence-electron chi connectivity index (χ4n) is 4.18. The van der Waals surface area contributed by atoms with Crippen molar-refractivity contribution in [3.8, 4) is 5.75 Å². The van der Waals surface area contributed by atoms with Gasteiger partial charge in [-0.25, -0.2) is 0 Å². The zero-order chi connectivity index (χ0) is 23.9. The number of anilines is 1. The van der Waals surface area contributed by atoms with E-state index in [0.717, 1.165) is 23.4 Å². The van der Waals surface area contributed by atoms with Crippen LogP contribution in [0, 0.1) is 0 Å². The maximum absolute atomic E-state index is 13.7. The summed E-state index contributed by atoms with van der Waals surface area (Å²) in [7, 11) is 0. The standard InChI is InChI=1S/C29H30N2O3/c1-3-21-34-25-17-15-23(16-18-25)26-27(30(4-2)24-13-9-6-10-14-24)29(33)31(28(26)32)20-19-22-11-7-5-8-12-22/h5-18H,3-4,19-21H2,1-2H3. The molecule has 0 saturated heterocycles. The van der Waals surface area contributed by atoms with Crippen LogP contribution in [0.2, 0.25) is 0 Å². The van der Waals surface area contributed by atoms with Gasteiger partial charge in [0.05, 0.1) is 12.2 Å². The molecular formula is C29H30N2O3. The number of benzene rings is 3. The van der Waals surface area contributed by atoms with Crippen LogP contribution in [0.15, 0.2) is 90.6 Å². The van der Waals surface area contributed by atoms with Gasteiger partial charge in [-0.2, -0.15) is 0 Å². The van der Waals surface area contributed by atoms with E-state index >= 15 is 0 Å². The van der Waals surface area contributed by atoms with E-state index in [1.807, 2.05) is 96.8 Å². The maximum Gasteiger partial charge on any atom is 0.278 e. The highest BCUT2D eigenvalue weighted by atomic mass is 16.5. The molecule has 3 aromatic carbocycles. The van der Waals surface area contributed by atoms with Gasteiger partial charge in [0.25, 0.3) is 11.8 Å². The van der Waals surface area contributed by atoms with Gasteiger partial charge in [0.2, 0.25) is 0 Å². The Balaban J connectivity index is 1.71. The van der Waals surface area contributed by atoms with Crippen LogP contribution in [0.5, 0.6) is 5.75 Å². The molecule has 34 heavy (non-hydrogen) atoms. The monoisotopic (exact) mass is 454 g/mol. The number of hydrogen-bond donors (Lipinski definition) is 0. The summed E-state index contributed by atoms with van der Waals surface area (Å²) in [6, 6.07) is 27.1. The molecule has 5 nitrogen and oxygen atoms in total. The lowest BCUT2D eigenvalue weighted by atomic mass is 10.0.